The number of nitrogens with zero attached hydrogens (tertiary/aromatic N) is 2. The van der Waals surface area contributed by atoms with Crippen LogP contribution in [0.15, 0.2) is 29.2 Å². The van der Waals surface area contributed by atoms with Crippen molar-refractivity contribution < 1.29 is 13.2 Å². The maximum Gasteiger partial charge on any atom is 0.317 e. The van der Waals surface area contributed by atoms with Crippen LogP contribution in [-0.2, 0) is 10.0 Å². The van der Waals surface area contributed by atoms with Gasteiger partial charge in [-0.15, -0.1) is 0 Å². The van der Waals surface area contributed by atoms with Crippen molar-refractivity contribution in [2.75, 3.05) is 32.7 Å². The Morgan fingerprint density at radius 2 is 1.80 bits per heavy atom. The van der Waals surface area contributed by atoms with E-state index >= 15 is 0 Å². The molecule has 2 rings (SSSR count). The lowest BCUT2D eigenvalue weighted by Gasteiger charge is -2.22. The Bertz CT molecular complexity index is 671. The molecule has 1 aromatic rings. The summed E-state index contributed by atoms with van der Waals surface area (Å²) in [4.78, 5) is 14.1. The van der Waals surface area contributed by atoms with E-state index in [1.165, 1.54) is 4.31 Å². The number of benzene rings is 1. The van der Waals surface area contributed by atoms with E-state index in [9.17, 15) is 13.2 Å². The first-order chi connectivity index (χ1) is 11.9. The van der Waals surface area contributed by atoms with Gasteiger partial charge >= 0.3 is 6.03 Å². The summed E-state index contributed by atoms with van der Waals surface area (Å²) in [7, 11) is -3.52. The normalized spacial score (nSPS) is 16.7. The van der Waals surface area contributed by atoms with Crippen molar-refractivity contribution in [3.05, 3.63) is 29.8 Å². The van der Waals surface area contributed by atoms with Crippen molar-refractivity contribution in [1.82, 2.24) is 14.5 Å². The predicted molar refractivity (Wildman–Crippen MR) is 99.2 cm³/mol. The third-order valence-corrected chi connectivity index (χ3v) is 6.37. The maximum atomic E-state index is 12.9. The average Bonchev–Trinajstić information content (AvgIpc) is 2.86. The van der Waals surface area contributed by atoms with Crippen LogP contribution in [0.1, 0.15) is 45.1 Å². The maximum absolute atomic E-state index is 12.9. The summed E-state index contributed by atoms with van der Waals surface area (Å²) in [5.41, 5.74) is 1.12. The van der Waals surface area contributed by atoms with Crippen molar-refractivity contribution in [3.63, 3.8) is 0 Å². The van der Waals surface area contributed by atoms with Crippen molar-refractivity contribution >= 4 is 16.1 Å². The summed E-state index contributed by atoms with van der Waals surface area (Å²) in [6.45, 7) is 8.56. The zero-order valence-electron chi connectivity index (χ0n) is 15.4. The first-order valence-corrected chi connectivity index (χ1v) is 10.4. The molecule has 6 nitrogen and oxygen atoms in total. The van der Waals surface area contributed by atoms with Gasteiger partial charge in [-0.1, -0.05) is 32.9 Å². The molecule has 0 spiro atoms. The minimum Gasteiger partial charge on any atom is -0.338 e. The molecule has 140 valence electrons. The van der Waals surface area contributed by atoms with E-state index in [0.29, 0.717) is 50.0 Å². The number of amides is 2. The molecule has 0 atom stereocenters. The van der Waals surface area contributed by atoms with Crippen LogP contribution in [0.2, 0.25) is 0 Å². The molecule has 1 fully saturated rings. The van der Waals surface area contributed by atoms with E-state index in [-0.39, 0.29) is 6.03 Å². The summed E-state index contributed by atoms with van der Waals surface area (Å²) in [5, 5.41) is 2.85. The smallest absolute Gasteiger partial charge is 0.317 e. The van der Waals surface area contributed by atoms with Gasteiger partial charge in [-0.2, -0.15) is 4.31 Å². The van der Waals surface area contributed by atoms with Crippen LogP contribution in [0.3, 0.4) is 0 Å². The standard InChI is InChI=1S/C18H29N3O3S/c1-4-10-19-18(22)20-11-5-12-21(14-13-20)25(23,24)17-8-6-16(7-9-17)15(2)3/h6-9,15H,4-5,10-14H2,1-3H3,(H,19,22). The number of rotatable bonds is 5. The molecule has 7 heteroatoms. The lowest BCUT2D eigenvalue weighted by Crippen LogP contribution is -2.42. The number of hydrogen-bond acceptors (Lipinski definition) is 3. The Labute approximate surface area is 151 Å². The second kappa shape index (κ2) is 8.67. The number of carbonyl (C=O) groups excluding carboxylic acids is 1. The zero-order valence-corrected chi connectivity index (χ0v) is 16.2. The summed E-state index contributed by atoms with van der Waals surface area (Å²) >= 11 is 0. The third kappa shape index (κ3) is 4.95. The summed E-state index contributed by atoms with van der Waals surface area (Å²) in [6.07, 6.45) is 1.52. The van der Waals surface area contributed by atoms with Gasteiger partial charge in [0, 0.05) is 32.7 Å². The SMILES string of the molecule is CCCNC(=O)N1CCCN(S(=O)(=O)c2ccc(C(C)C)cc2)CC1. The molecule has 1 saturated heterocycles. The third-order valence-electron chi connectivity index (χ3n) is 4.45. The van der Waals surface area contributed by atoms with Gasteiger partial charge in [0.1, 0.15) is 0 Å². The van der Waals surface area contributed by atoms with E-state index in [0.717, 1.165) is 12.0 Å². The van der Waals surface area contributed by atoms with Gasteiger partial charge in [0.2, 0.25) is 10.0 Å². The molecule has 1 aliphatic rings. The van der Waals surface area contributed by atoms with E-state index in [1.54, 1.807) is 17.0 Å². The Hall–Kier alpha value is -1.60. The van der Waals surface area contributed by atoms with Crippen LogP contribution >= 0.6 is 0 Å². The summed E-state index contributed by atoms with van der Waals surface area (Å²) in [6, 6.07) is 7.00. The average molecular weight is 368 g/mol. The van der Waals surface area contributed by atoms with Crippen LogP contribution in [0.25, 0.3) is 0 Å². The molecule has 1 aromatic carbocycles. The molecule has 0 saturated carbocycles. The zero-order chi connectivity index (χ0) is 18.4. The number of nitrogens with one attached hydrogen (secondary N) is 1. The molecule has 0 radical (unpaired) electrons. The molecule has 1 N–H and O–H groups in total. The molecular weight excluding hydrogens is 338 g/mol. The van der Waals surface area contributed by atoms with E-state index in [4.69, 9.17) is 0 Å². The highest BCUT2D eigenvalue weighted by atomic mass is 32.2. The summed E-state index contributed by atoms with van der Waals surface area (Å²) in [5.74, 6) is 0.366. The van der Waals surface area contributed by atoms with Crippen molar-refractivity contribution in [1.29, 1.82) is 0 Å². The fraction of sp³-hybridized carbons (Fsp3) is 0.611. The van der Waals surface area contributed by atoms with Crippen molar-refractivity contribution in [3.8, 4) is 0 Å². The second-order valence-electron chi connectivity index (χ2n) is 6.70. The van der Waals surface area contributed by atoms with Gasteiger partial charge in [0.05, 0.1) is 4.90 Å². The second-order valence-corrected chi connectivity index (χ2v) is 8.64. The molecule has 0 bridgehead atoms. The Kier molecular flexibility index (Phi) is 6.84. The van der Waals surface area contributed by atoms with Crippen LogP contribution in [0, 0.1) is 0 Å². The van der Waals surface area contributed by atoms with Crippen LogP contribution in [0.5, 0.6) is 0 Å². The van der Waals surface area contributed by atoms with Crippen molar-refractivity contribution in [2.24, 2.45) is 0 Å². The highest BCUT2D eigenvalue weighted by Gasteiger charge is 2.28. The number of hydrogen-bond donors (Lipinski definition) is 1. The number of sulfonamides is 1. The highest BCUT2D eigenvalue weighted by Crippen LogP contribution is 2.21. The number of carbonyl (C=O) groups is 1. The van der Waals surface area contributed by atoms with Crippen LogP contribution < -0.4 is 5.32 Å². The van der Waals surface area contributed by atoms with Gasteiger partial charge < -0.3 is 10.2 Å². The van der Waals surface area contributed by atoms with Gasteiger partial charge in [-0.3, -0.25) is 0 Å². The molecule has 0 aliphatic carbocycles. The molecule has 1 aliphatic heterocycles. The minimum atomic E-state index is -3.52. The van der Waals surface area contributed by atoms with Gasteiger partial charge in [-0.25, -0.2) is 13.2 Å². The molecule has 1 heterocycles. The molecule has 0 unspecified atom stereocenters. The first-order valence-electron chi connectivity index (χ1n) is 8.99. The molecule has 25 heavy (non-hydrogen) atoms. The predicted octanol–water partition coefficient (Wildman–Crippen LogP) is 2.63. The molecule has 2 amide bonds. The minimum absolute atomic E-state index is 0.109. The first kappa shape index (κ1) is 19.7. The van der Waals surface area contributed by atoms with E-state index in [1.807, 2.05) is 19.1 Å². The molecular formula is C18H29N3O3S. The monoisotopic (exact) mass is 367 g/mol. The van der Waals surface area contributed by atoms with E-state index in [2.05, 4.69) is 19.2 Å². The largest absolute Gasteiger partial charge is 0.338 e. The van der Waals surface area contributed by atoms with Gasteiger partial charge in [-0.05, 0) is 36.5 Å². The Morgan fingerprint density at radius 1 is 1.12 bits per heavy atom. The fourth-order valence-electron chi connectivity index (χ4n) is 2.85. The van der Waals surface area contributed by atoms with Gasteiger partial charge in [0.25, 0.3) is 0 Å². The molecule has 0 aromatic heterocycles. The summed E-state index contributed by atoms with van der Waals surface area (Å²) < 4.78 is 27.2. The quantitative estimate of drug-likeness (QED) is 0.870. The highest BCUT2D eigenvalue weighted by molar-refractivity contribution is 7.89. The van der Waals surface area contributed by atoms with Crippen molar-refractivity contribution in [2.45, 2.75) is 44.4 Å². The van der Waals surface area contributed by atoms with Gasteiger partial charge in [0.15, 0.2) is 0 Å². The topological polar surface area (TPSA) is 69.7 Å². The number of urea groups is 1. The lowest BCUT2D eigenvalue weighted by molar-refractivity contribution is 0.200. The van der Waals surface area contributed by atoms with E-state index < -0.39 is 10.0 Å². The Balaban J connectivity index is 2.06. The van der Waals surface area contributed by atoms with Crippen LogP contribution in [0.4, 0.5) is 4.79 Å². The fourth-order valence-corrected chi connectivity index (χ4v) is 4.32. The van der Waals surface area contributed by atoms with Crippen LogP contribution in [-0.4, -0.2) is 56.4 Å². The lowest BCUT2D eigenvalue weighted by atomic mass is 10.0. The Morgan fingerprint density at radius 3 is 2.40 bits per heavy atom.